The number of imide groups is 1. The Morgan fingerprint density at radius 1 is 1.27 bits per heavy atom. The summed E-state index contributed by atoms with van der Waals surface area (Å²) >= 11 is 0. The fraction of sp³-hybridized carbons (Fsp3) is 0.500. The highest BCUT2D eigenvalue weighted by atomic mass is 19.1. The van der Waals surface area contributed by atoms with Crippen molar-refractivity contribution in [3.05, 3.63) is 29.6 Å². The molecule has 7 nitrogen and oxygen atoms in total. The van der Waals surface area contributed by atoms with Crippen LogP contribution in [0, 0.1) is 5.82 Å². The number of benzene rings is 1. The average molecular weight is 363 g/mol. The molecule has 3 rings (SSSR count). The Balaban J connectivity index is 1.67. The fourth-order valence-corrected chi connectivity index (χ4v) is 3.59. The summed E-state index contributed by atoms with van der Waals surface area (Å²) in [6.45, 7) is 1.23. The third kappa shape index (κ3) is 4.19. The highest BCUT2D eigenvalue weighted by molar-refractivity contribution is 6.01. The molecule has 3 N–H and O–H groups in total. The topological polar surface area (TPSA) is 98.7 Å². The van der Waals surface area contributed by atoms with Gasteiger partial charge in [0.1, 0.15) is 11.9 Å². The molecule has 0 aliphatic carbocycles. The Morgan fingerprint density at radius 3 is 2.65 bits per heavy atom. The molecule has 26 heavy (non-hydrogen) atoms. The molecule has 0 saturated carbocycles. The number of hydrogen-bond donors (Lipinski definition) is 3. The minimum Gasteiger partial charge on any atom is -0.480 e. The highest BCUT2D eigenvalue weighted by Crippen LogP contribution is 2.32. The molecule has 0 radical (unpaired) electrons. The van der Waals surface area contributed by atoms with Crippen LogP contribution in [-0.2, 0) is 14.4 Å². The molecule has 2 aliphatic rings. The lowest BCUT2D eigenvalue weighted by atomic mass is 9.88. The first-order valence-electron chi connectivity index (χ1n) is 8.77. The SMILES string of the molecule is O=C(O)CN1CCC(c2cccc(NC3CCC(=O)NC3=O)c2F)CC1. The summed E-state index contributed by atoms with van der Waals surface area (Å²) in [4.78, 5) is 35.7. The maximum absolute atomic E-state index is 15.0. The van der Waals surface area contributed by atoms with Gasteiger partial charge in [0.2, 0.25) is 11.8 Å². The van der Waals surface area contributed by atoms with Crippen molar-refractivity contribution >= 4 is 23.5 Å². The Labute approximate surface area is 150 Å². The minimum absolute atomic E-state index is 0.00626. The van der Waals surface area contributed by atoms with Gasteiger partial charge in [0.05, 0.1) is 12.2 Å². The predicted octanol–water partition coefficient (Wildman–Crippen LogP) is 1.31. The van der Waals surface area contributed by atoms with Gasteiger partial charge < -0.3 is 10.4 Å². The second-order valence-electron chi connectivity index (χ2n) is 6.80. The molecule has 1 aromatic carbocycles. The summed E-state index contributed by atoms with van der Waals surface area (Å²) in [5.41, 5.74) is 0.835. The molecule has 140 valence electrons. The number of nitrogens with one attached hydrogen (secondary N) is 2. The van der Waals surface area contributed by atoms with Crippen LogP contribution in [0.1, 0.15) is 37.2 Å². The number of carbonyl (C=O) groups is 3. The van der Waals surface area contributed by atoms with E-state index in [1.54, 1.807) is 18.2 Å². The molecular weight excluding hydrogens is 341 g/mol. The molecule has 0 aromatic heterocycles. The molecule has 0 spiro atoms. The van der Waals surface area contributed by atoms with E-state index < -0.39 is 17.9 Å². The number of rotatable bonds is 5. The zero-order valence-electron chi connectivity index (χ0n) is 14.3. The average Bonchev–Trinajstić information content (AvgIpc) is 2.59. The highest BCUT2D eigenvalue weighted by Gasteiger charge is 2.29. The lowest BCUT2D eigenvalue weighted by Gasteiger charge is -2.31. The van der Waals surface area contributed by atoms with Crippen LogP contribution in [0.3, 0.4) is 0 Å². The van der Waals surface area contributed by atoms with E-state index in [0.717, 1.165) is 0 Å². The number of aliphatic carboxylic acids is 1. The Bertz CT molecular complexity index is 716. The molecule has 2 fully saturated rings. The van der Waals surface area contributed by atoms with E-state index in [1.807, 2.05) is 4.90 Å². The van der Waals surface area contributed by atoms with E-state index in [2.05, 4.69) is 10.6 Å². The van der Waals surface area contributed by atoms with E-state index in [9.17, 15) is 18.8 Å². The number of piperidine rings is 2. The molecule has 2 heterocycles. The lowest BCUT2D eigenvalue weighted by molar-refractivity contribution is -0.138. The van der Waals surface area contributed by atoms with Crippen LogP contribution in [-0.4, -0.2) is 53.5 Å². The van der Waals surface area contributed by atoms with Crippen molar-refractivity contribution in [2.45, 2.75) is 37.6 Å². The third-order valence-corrected chi connectivity index (χ3v) is 4.98. The van der Waals surface area contributed by atoms with Crippen LogP contribution in [0.15, 0.2) is 18.2 Å². The summed E-state index contributed by atoms with van der Waals surface area (Å²) in [5, 5.41) is 14.0. The first-order chi connectivity index (χ1) is 12.4. The third-order valence-electron chi connectivity index (χ3n) is 4.98. The smallest absolute Gasteiger partial charge is 0.317 e. The minimum atomic E-state index is -0.856. The van der Waals surface area contributed by atoms with Crippen molar-refractivity contribution in [1.82, 2.24) is 10.2 Å². The van der Waals surface area contributed by atoms with E-state index in [1.165, 1.54) is 0 Å². The van der Waals surface area contributed by atoms with Crippen LogP contribution in [0.5, 0.6) is 0 Å². The summed E-state index contributed by atoms with van der Waals surface area (Å²) < 4.78 is 15.0. The van der Waals surface area contributed by atoms with Gasteiger partial charge in [-0.15, -0.1) is 0 Å². The number of nitrogens with zero attached hydrogens (tertiary/aromatic N) is 1. The molecule has 1 aromatic rings. The summed E-state index contributed by atoms with van der Waals surface area (Å²) in [5.74, 6) is -1.97. The number of anilines is 1. The van der Waals surface area contributed by atoms with Gasteiger partial charge in [-0.1, -0.05) is 12.1 Å². The van der Waals surface area contributed by atoms with Gasteiger partial charge in [-0.2, -0.15) is 0 Å². The molecule has 2 saturated heterocycles. The number of carboxylic acid groups (broad SMARTS) is 1. The molecule has 1 atom stereocenters. The Hall–Kier alpha value is -2.48. The van der Waals surface area contributed by atoms with Crippen LogP contribution in [0.4, 0.5) is 10.1 Å². The van der Waals surface area contributed by atoms with Gasteiger partial charge in [0.25, 0.3) is 0 Å². The lowest BCUT2D eigenvalue weighted by Crippen LogP contribution is -2.47. The molecule has 2 aliphatic heterocycles. The molecule has 1 unspecified atom stereocenters. The van der Waals surface area contributed by atoms with Crippen LogP contribution in [0.2, 0.25) is 0 Å². The summed E-state index contributed by atoms with van der Waals surface area (Å²) in [6.07, 6.45) is 1.94. The van der Waals surface area contributed by atoms with Gasteiger partial charge in [-0.3, -0.25) is 24.6 Å². The quantitative estimate of drug-likeness (QED) is 0.682. The number of amides is 2. The maximum atomic E-state index is 15.0. The van der Waals surface area contributed by atoms with E-state index in [-0.39, 0.29) is 36.3 Å². The fourth-order valence-electron chi connectivity index (χ4n) is 3.59. The largest absolute Gasteiger partial charge is 0.480 e. The van der Waals surface area contributed by atoms with Crippen molar-refractivity contribution < 1.29 is 23.9 Å². The number of likely N-dealkylation sites (tertiary alicyclic amines) is 1. The number of halogens is 1. The molecule has 2 amide bonds. The van der Waals surface area contributed by atoms with Crippen LogP contribution >= 0.6 is 0 Å². The van der Waals surface area contributed by atoms with E-state index in [4.69, 9.17) is 5.11 Å². The first kappa shape index (κ1) is 18.3. The molecule has 0 bridgehead atoms. The van der Waals surface area contributed by atoms with Gasteiger partial charge in [0.15, 0.2) is 0 Å². The normalized spacial score (nSPS) is 22.1. The predicted molar refractivity (Wildman–Crippen MR) is 92.2 cm³/mol. The molecule has 8 heteroatoms. The van der Waals surface area contributed by atoms with Crippen molar-refractivity contribution in [3.63, 3.8) is 0 Å². The van der Waals surface area contributed by atoms with Gasteiger partial charge >= 0.3 is 5.97 Å². The van der Waals surface area contributed by atoms with Gasteiger partial charge in [0, 0.05) is 6.42 Å². The summed E-state index contributed by atoms with van der Waals surface area (Å²) in [7, 11) is 0. The Kier molecular flexibility index (Phi) is 5.51. The zero-order chi connectivity index (χ0) is 18.7. The monoisotopic (exact) mass is 363 g/mol. The van der Waals surface area contributed by atoms with Crippen molar-refractivity contribution in [2.24, 2.45) is 0 Å². The van der Waals surface area contributed by atoms with Crippen molar-refractivity contribution in [1.29, 1.82) is 0 Å². The molecular formula is C18H22FN3O4. The standard InChI is InChI=1S/C18H22FN3O4/c19-17-12(11-6-8-22(9-7-11)10-16(24)25)2-1-3-13(17)20-14-4-5-15(23)21-18(14)26/h1-3,11,14,20H,4-10H2,(H,24,25)(H,21,23,26). The first-order valence-corrected chi connectivity index (χ1v) is 8.77. The summed E-state index contributed by atoms with van der Waals surface area (Å²) in [6, 6.07) is 4.44. The van der Waals surface area contributed by atoms with Crippen LogP contribution < -0.4 is 10.6 Å². The van der Waals surface area contributed by atoms with E-state index in [0.29, 0.717) is 37.9 Å². The number of carboxylic acids is 1. The second-order valence-corrected chi connectivity index (χ2v) is 6.80. The Morgan fingerprint density at radius 2 is 2.00 bits per heavy atom. The second kappa shape index (κ2) is 7.82. The number of hydrogen-bond acceptors (Lipinski definition) is 5. The van der Waals surface area contributed by atoms with E-state index >= 15 is 0 Å². The maximum Gasteiger partial charge on any atom is 0.317 e. The van der Waals surface area contributed by atoms with Gasteiger partial charge in [-0.25, -0.2) is 4.39 Å². The van der Waals surface area contributed by atoms with Gasteiger partial charge in [-0.05, 0) is 49.9 Å². The number of carbonyl (C=O) groups excluding carboxylic acids is 2. The van der Waals surface area contributed by atoms with Crippen molar-refractivity contribution in [3.8, 4) is 0 Å². The van der Waals surface area contributed by atoms with Crippen molar-refractivity contribution in [2.75, 3.05) is 25.0 Å². The zero-order valence-corrected chi connectivity index (χ0v) is 14.3. The van der Waals surface area contributed by atoms with Crippen LogP contribution in [0.25, 0.3) is 0 Å².